The molecule has 0 aromatic heterocycles. The molecule has 1 heterocycles. The monoisotopic (exact) mass is 419 g/mol. The second-order valence-electron chi connectivity index (χ2n) is 7.37. The normalized spacial score (nSPS) is 14.9. The minimum absolute atomic E-state index is 0.00700. The van der Waals surface area contributed by atoms with E-state index in [-0.39, 0.29) is 18.0 Å². The first-order valence-corrected chi connectivity index (χ1v) is 10.2. The summed E-state index contributed by atoms with van der Waals surface area (Å²) in [6, 6.07) is 22.0. The number of urea groups is 1. The Hall–Kier alpha value is -3.31. The number of carbonyl (C=O) groups is 2. The van der Waals surface area contributed by atoms with Gasteiger partial charge in [0.1, 0.15) is 0 Å². The molecule has 3 aromatic carbocycles. The fourth-order valence-electron chi connectivity index (χ4n) is 3.68. The van der Waals surface area contributed by atoms with E-state index in [9.17, 15) is 9.59 Å². The Morgan fingerprint density at radius 1 is 1.03 bits per heavy atom. The molecule has 0 spiro atoms. The van der Waals surface area contributed by atoms with Crippen LogP contribution in [-0.2, 0) is 13.0 Å². The van der Waals surface area contributed by atoms with E-state index in [1.54, 1.807) is 24.3 Å². The maximum absolute atomic E-state index is 13.1. The van der Waals surface area contributed by atoms with Crippen LogP contribution in [0.2, 0.25) is 5.02 Å². The quantitative estimate of drug-likeness (QED) is 0.606. The van der Waals surface area contributed by atoms with Crippen molar-refractivity contribution in [3.05, 3.63) is 94.5 Å². The van der Waals surface area contributed by atoms with Crippen molar-refractivity contribution in [2.45, 2.75) is 25.9 Å². The molecule has 0 aliphatic carbocycles. The summed E-state index contributed by atoms with van der Waals surface area (Å²) >= 11 is 5.86. The zero-order chi connectivity index (χ0) is 21.1. The highest BCUT2D eigenvalue weighted by atomic mass is 35.5. The van der Waals surface area contributed by atoms with E-state index in [0.29, 0.717) is 22.8 Å². The topological polar surface area (TPSA) is 61.4 Å². The Morgan fingerprint density at radius 3 is 2.50 bits per heavy atom. The zero-order valence-corrected chi connectivity index (χ0v) is 17.3. The lowest BCUT2D eigenvalue weighted by Crippen LogP contribution is -2.35. The summed E-state index contributed by atoms with van der Waals surface area (Å²) in [5, 5.41) is 6.24. The molecule has 0 saturated heterocycles. The third-order valence-corrected chi connectivity index (χ3v) is 5.41. The van der Waals surface area contributed by atoms with Crippen molar-refractivity contribution >= 4 is 34.9 Å². The molecule has 0 saturated carbocycles. The van der Waals surface area contributed by atoms with Gasteiger partial charge in [-0.1, -0.05) is 41.9 Å². The molecule has 4 rings (SSSR count). The van der Waals surface area contributed by atoms with Gasteiger partial charge in [0.2, 0.25) is 0 Å². The van der Waals surface area contributed by atoms with E-state index in [1.807, 2.05) is 53.4 Å². The lowest BCUT2D eigenvalue weighted by atomic mass is 10.1. The molecular weight excluding hydrogens is 398 g/mol. The summed E-state index contributed by atoms with van der Waals surface area (Å²) in [5.74, 6) is -0.00700. The van der Waals surface area contributed by atoms with Crippen LogP contribution in [-0.4, -0.2) is 18.0 Å². The maximum Gasteiger partial charge on any atom is 0.319 e. The molecule has 6 heteroatoms. The molecule has 1 aliphatic heterocycles. The first kappa shape index (κ1) is 20.0. The molecule has 1 aliphatic rings. The Labute approximate surface area is 180 Å². The summed E-state index contributed by atoms with van der Waals surface area (Å²) in [5.41, 5.74) is 4.32. The molecule has 5 nitrogen and oxygen atoms in total. The lowest BCUT2D eigenvalue weighted by Gasteiger charge is -2.23. The van der Waals surface area contributed by atoms with Gasteiger partial charge in [0.25, 0.3) is 5.91 Å². The maximum atomic E-state index is 13.1. The largest absolute Gasteiger partial charge is 0.334 e. The van der Waals surface area contributed by atoms with Crippen LogP contribution in [0.25, 0.3) is 0 Å². The third kappa shape index (κ3) is 4.31. The van der Waals surface area contributed by atoms with E-state index in [2.05, 4.69) is 17.6 Å². The molecule has 0 fully saturated rings. The molecule has 152 valence electrons. The fraction of sp³-hybridized carbons (Fsp3) is 0.167. The predicted molar refractivity (Wildman–Crippen MR) is 120 cm³/mol. The number of hydrogen-bond acceptors (Lipinski definition) is 2. The summed E-state index contributed by atoms with van der Waals surface area (Å²) in [6.45, 7) is 2.41. The first-order valence-electron chi connectivity index (χ1n) is 9.82. The van der Waals surface area contributed by atoms with Crippen LogP contribution in [0.4, 0.5) is 16.2 Å². The van der Waals surface area contributed by atoms with Crippen LogP contribution in [0.3, 0.4) is 0 Å². The molecule has 3 amide bonds. The first-order chi connectivity index (χ1) is 14.5. The minimum Gasteiger partial charge on any atom is -0.334 e. The number of fused-ring (bicyclic) bond motifs is 1. The number of hydrogen-bond donors (Lipinski definition) is 2. The van der Waals surface area contributed by atoms with Gasteiger partial charge in [-0.3, -0.25) is 4.79 Å². The van der Waals surface area contributed by atoms with Gasteiger partial charge < -0.3 is 15.5 Å². The van der Waals surface area contributed by atoms with E-state index in [4.69, 9.17) is 11.6 Å². The van der Waals surface area contributed by atoms with Gasteiger partial charge in [-0.05, 0) is 66.9 Å². The molecule has 1 atom stereocenters. The summed E-state index contributed by atoms with van der Waals surface area (Å²) in [4.78, 5) is 27.1. The predicted octanol–water partition coefficient (Wildman–Crippen LogP) is 5.25. The van der Waals surface area contributed by atoms with Crippen LogP contribution in [0.5, 0.6) is 0 Å². The average Bonchev–Trinajstić information content (AvgIpc) is 3.09. The second-order valence-corrected chi connectivity index (χ2v) is 7.81. The minimum atomic E-state index is -0.302. The summed E-state index contributed by atoms with van der Waals surface area (Å²) in [7, 11) is 0. The number of carbonyl (C=O) groups excluding carboxylic acids is 2. The second kappa shape index (κ2) is 8.59. The SMILES string of the molecule is C[C@H]1Cc2ccc(CNC(=O)Nc3ccc(Cl)cc3)cc2N1C(=O)c1ccccc1. The highest BCUT2D eigenvalue weighted by Gasteiger charge is 2.31. The molecule has 0 radical (unpaired) electrons. The van der Waals surface area contributed by atoms with Gasteiger partial charge in [0.05, 0.1) is 0 Å². The highest BCUT2D eigenvalue weighted by Crippen LogP contribution is 2.34. The van der Waals surface area contributed by atoms with Crippen LogP contribution in [0, 0.1) is 0 Å². The van der Waals surface area contributed by atoms with Crippen LogP contribution in [0.1, 0.15) is 28.4 Å². The van der Waals surface area contributed by atoms with Gasteiger partial charge in [-0.15, -0.1) is 0 Å². The number of halogens is 1. The molecule has 0 bridgehead atoms. The van der Waals surface area contributed by atoms with Crippen molar-refractivity contribution in [1.29, 1.82) is 0 Å². The van der Waals surface area contributed by atoms with Crippen molar-refractivity contribution in [1.82, 2.24) is 5.32 Å². The van der Waals surface area contributed by atoms with Crippen LogP contribution < -0.4 is 15.5 Å². The number of amides is 3. The van der Waals surface area contributed by atoms with Gasteiger partial charge in [-0.25, -0.2) is 4.79 Å². The molecular formula is C24H22ClN3O2. The van der Waals surface area contributed by atoms with E-state index in [0.717, 1.165) is 23.2 Å². The van der Waals surface area contributed by atoms with Crippen molar-refractivity contribution < 1.29 is 9.59 Å². The van der Waals surface area contributed by atoms with E-state index < -0.39 is 0 Å². The van der Waals surface area contributed by atoms with E-state index in [1.165, 1.54) is 0 Å². The molecule has 30 heavy (non-hydrogen) atoms. The Bertz CT molecular complexity index is 1070. The number of nitrogens with one attached hydrogen (secondary N) is 2. The Balaban J connectivity index is 1.45. The van der Waals surface area contributed by atoms with Crippen LogP contribution in [0.15, 0.2) is 72.8 Å². The van der Waals surface area contributed by atoms with Crippen molar-refractivity contribution in [2.75, 3.05) is 10.2 Å². The van der Waals surface area contributed by atoms with Gasteiger partial charge in [-0.2, -0.15) is 0 Å². The molecule has 3 aromatic rings. The van der Waals surface area contributed by atoms with Crippen LogP contribution >= 0.6 is 11.6 Å². The Kier molecular flexibility index (Phi) is 5.72. The average molecular weight is 420 g/mol. The molecule has 2 N–H and O–H groups in total. The van der Waals surface area contributed by atoms with Crippen molar-refractivity contribution in [3.63, 3.8) is 0 Å². The lowest BCUT2D eigenvalue weighted by molar-refractivity contribution is 0.0981. The number of anilines is 2. The summed E-state index contributed by atoms with van der Waals surface area (Å²) < 4.78 is 0. The fourth-order valence-corrected chi connectivity index (χ4v) is 3.81. The molecule has 0 unspecified atom stereocenters. The van der Waals surface area contributed by atoms with Gasteiger partial charge >= 0.3 is 6.03 Å². The van der Waals surface area contributed by atoms with Gasteiger partial charge in [0.15, 0.2) is 0 Å². The highest BCUT2D eigenvalue weighted by molar-refractivity contribution is 6.30. The zero-order valence-electron chi connectivity index (χ0n) is 16.6. The Morgan fingerprint density at radius 2 is 1.77 bits per heavy atom. The number of benzene rings is 3. The number of rotatable bonds is 4. The standard InChI is InChI=1S/C24H22ClN3O2/c1-16-13-19-8-7-17(15-26-24(30)27-21-11-9-20(25)10-12-21)14-22(19)28(16)23(29)18-5-3-2-4-6-18/h2-12,14,16H,13,15H2,1H3,(H2,26,27,30)/t16-/m0/s1. The number of nitrogens with zero attached hydrogens (tertiary/aromatic N) is 1. The van der Waals surface area contributed by atoms with Gasteiger partial charge in [0, 0.05) is 34.5 Å². The van der Waals surface area contributed by atoms with Crippen molar-refractivity contribution in [2.24, 2.45) is 0 Å². The summed E-state index contributed by atoms with van der Waals surface area (Å²) in [6.07, 6.45) is 0.818. The van der Waals surface area contributed by atoms with E-state index >= 15 is 0 Å². The smallest absolute Gasteiger partial charge is 0.319 e. The van der Waals surface area contributed by atoms with Crippen molar-refractivity contribution in [3.8, 4) is 0 Å². The third-order valence-electron chi connectivity index (χ3n) is 5.16.